The first-order chi connectivity index (χ1) is 8.76. The Hall–Kier alpha value is -2.60. The second-order valence-corrected chi connectivity index (χ2v) is 3.72. The average molecular weight is 237 g/mol. The molecule has 0 heterocycles. The lowest BCUT2D eigenvalue weighted by atomic mass is 10.0. The Kier molecular flexibility index (Phi) is 3.40. The molecule has 0 unspecified atom stereocenters. The monoisotopic (exact) mass is 237 g/mol. The molecule has 0 amide bonds. The topological polar surface area (TPSA) is 50.1 Å². The van der Waals surface area contributed by atoms with Gasteiger partial charge in [0.25, 0.3) is 0 Å². The zero-order chi connectivity index (χ0) is 13.0. The van der Waals surface area contributed by atoms with E-state index in [1.807, 2.05) is 12.1 Å². The third kappa shape index (κ3) is 2.23. The van der Waals surface area contributed by atoms with Crippen molar-refractivity contribution in [1.82, 2.24) is 0 Å². The summed E-state index contributed by atoms with van der Waals surface area (Å²) in [4.78, 5) is 12.3. The van der Waals surface area contributed by atoms with Gasteiger partial charge >= 0.3 is 0 Å². The number of nitrogens with zero attached hydrogens (tertiary/aromatic N) is 1. The second kappa shape index (κ2) is 5.15. The molecule has 2 aromatic carbocycles. The SMILES string of the molecule is COc1ccccc1C(=O)c1ccc(C#N)cc1. The third-order valence-electron chi connectivity index (χ3n) is 2.63. The van der Waals surface area contributed by atoms with E-state index in [0.717, 1.165) is 0 Å². The van der Waals surface area contributed by atoms with Crippen LogP contribution in [0.5, 0.6) is 5.75 Å². The summed E-state index contributed by atoms with van der Waals surface area (Å²) in [5.74, 6) is 0.434. The zero-order valence-corrected chi connectivity index (χ0v) is 9.88. The fourth-order valence-corrected chi connectivity index (χ4v) is 1.68. The molecule has 0 saturated carbocycles. The van der Waals surface area contributed by atoms with Crippen molar-refractivity contribution in [1.29, 1.82) is 5.26 Å². The second-order valence-electron chi connectivity index (χ2n) is 3.72. The minimum atomic E-state index is -0.114. The van der Waals surface area contributed by atoms with Gasteiger partial charge in [0.2, 0.25) is 0 Å². The van der Waals surface area contributed by atoms with Crippen LogP contribution in [0, 0.1) is 11.3 Å². The van der Waals surface area contributed by atoms with Crippen molar-refractivity contribution in [3.63, 3.8) is 0 Å². The minimum absolute atomic E-state index is 0.114. The van der Waals surface area contributed by atoms with Crippen molar-refractivity contribution in [3.8, 4) is 11.8 Å². The Labute approximate surface area is 105 Å². The molecule has 2 aromatic rings. The standard InChI is InChI=1S/C15H11NO2/c1-18-14-5-3-2-4-13(14)15(17)12-8-6-11(10-16)7-9-12/h2-9H,1H3. The maximum atomic E-state index is 12.3. The minimum Gasteiger partial charge on any atom is -0.496 e. The van der Waals surface area contributed by atoms with E-state index in [-0.39, 0.29) is 5.78 Å². The van der Waals surface area contributed by atoms with E-state index in [9.17, 15) is 4.79 Å². The highest BCUT2D eigenvalue weighted by atomic mass is 16.5. The summed E-state index contributed by atoms with van der Waals surface area (Å²) in [7, 11) is 1.53. The Morgan fingerprint density at radius 2 is 1.78 bits per heavy atom. The number of methoxy groups -OCH3 is 1. The Bertz CT molecular complexity index is 609. The molecule has 3 heteroatoms. The summed E-state index contributed by atoms with van der Waals surface area (Å²) in [5.41, 5.74) is 1.59. The molecule has 0 N–H and O–H groups in total. The van der Waals surface area contributed by atoms with Crippen LogP contribution in [0.25, 0.3) is 0 Å². The lowest BCUT2D eigenvalue weighted by molar-refractivity contribution is 0.103. The maximum Gasteiger partial charge on any atom is 0.196 e. The van der Waals surface area contributed by atoms with Crippen LogP contribution in [0.4, 0.5) is 0 Å². The Morgan fingerprint density at radius 3 is 2.39 bits per heavy atom. The van der Waals surface area contributed by atoms with Gasteiger partial charge in [-0.25, -0.2) is 0 Å². The Balaban J connectivity index is 2.39. The van der Waals surface area contributed by atoms with Gasteiger partial charge in [-0.3, -0.25) is 4.79 Å². The molecule has 0 aliphatic rings. The number of benzene rings is 2. The van der Waals surface area contributed by atoms with E-state index in [1.165, 1.54) is 7.11 Å². The van der Waals surface area contributed by atoms with Crippen molar-refractivity contribution in [2.24, 2.45) is 0 Å². The molecule has 0 saturated heterocycles. The molecular formula is C15H11NO2. The van der Waals surface area contributed by atoms with Gasteiger partial charge < -0.3 is 4.74 Å². The van der Waals surface area contributed by atoms with Crippen LogP contribution in [0.2, 0.25) is 0 Å². The third-order valence-corrected chi connectivity index (χ3v) is 2.63. The number of ketones is 1. The van der Waals surface area contributed by atoms with E-state index in [2.05, 4.69) is 0 Å². The van der Waals surface area contributed by atoms with Gasteiger partial charge in [0.1, 0.15) is 5.75 Å². The fraction of sp³-hybridized carbons (Fsp3) is 0.0667. The van der Waals surface area contributed by atoms with E-state index < -0.39 is 0 Å². The van der Waals surface area contributed by atoms with Gasteiger partial charge in [0.05, 0.1) is 24.3 Å². The number of hydrogen-bond acceptors (Lipinski definition) is 3. The fourth-order valence-electron chi connectivity index (χ4n) is 1.68. The van der Waals surface area contributed by atoms with Crippen molar-refractivity contribution >= 4 is 5.78 Å². The molecule has 0 radical (unpaired) electrons. The van der Waals surface area contributed by atoms with Crippen LogP contribution in [0.3, 0.4) is 0 Å². The van der Waals surface area contributed by atoms with Gasteiger partial charge in [-0.05, 0) is 36.4 Å². The van der Waals surface area contributed by atoms with Crippen LogP contribution in [0.15, 0.2) is 48.5 Å². The molecule has 0 bridgehead atoms. The van der Waals surface area contributed by atoms with Gasteiger partial charge in [0, 0.05) is 5.56 Å². The Morgan fingerprint density at radius 1 is 1.11 bits per heavy atom. The molecule has 2 rings (SSSR count). The number of carbonyl (C=O) groups excluding carboxylic acids is 1. The molecule has 0 atom stereocenters. The summed E-state index contributed by atoms with van der Waals surface area (Å²) >= 11 is 0. The first-order valence-corrected chi connectivity index (χ1v) is 5.44. The van der Waals surface area contributed by atoms with Crippen LogP contribution < -0.4 is 4.74 Å². The largest absolute Gasteiger partial charge is 0.496 e. The highest BCUT2D eigenvalue weighted by molar-refractivity contribution is 6.10. The normalized spacial score (nSPS) is 9.56. The molecular weight excluding hydrogens is 226 g/mol. The lowest BCUT2D eigenvalue weighted by Crippen LogP contribution is -2.03. The predicted molar refractivity (Wildman–Crippen MR) is 67.6 cm³/mol. The summed E-state index contributed by atoms with van der Waals surface area (Å²) in [6.07, 6.45) is 0. The van der Waals surface area contributed by atoms with Crippen molar-refractivity contribution in [3.05, 3.63) is 65.2 Å². The molecule has 18 heavy (non-hydrogen) atoms. The quantitative estimate of drug-likeness (QED) is 0.771. The lowest BCUT2D eigenvalue weighted by Gasteiger charge is -2.07. The molecule has 0 aliphatic heterocycles. The molecule has 88 valence electrons. The molecule has 0 aliphatic carbocycles. The summed E-state index contributed by atoms with van der Waals surface area (Å²) in [6.45, 7) is 0. The van der Waals surface area contributed by atoms with E-state index in [4.69, 9.17) is 10.00 Å². The van der Waals surface area contributed by atoms with Crippen molar-refractivity contribution < 1.29 is 9.53 Å². The van der Waals surface area contributed by atoms with Crippen LogP contribution in [-0.2, 0) is 0 Å². The first-order valence-electron chi connectivity index (χ1n) is 5.44. The summed E-state index contributed by atoms with van der Waals surface area (Å²) in [5, 5.41) is 8.71. The average Bonchev–Trinajstić information content (AvgIpc) is 2.46. The number of carbonyl (C=O) groups is 1. The smallest absolute Gasteiger partial charge is 0.196 e. The van der Waals surface area contributed by atoms with Crippen molar-refractivity contribution in [2.75, 3.05) is 7.11 Å². The van der Waals surface area contributed by atoms with Gasteiger partial charge in [-0.15, -0.1) is 0 Å². The van der Waals surface area contributed by atoms with Gasteiger partial charge in [-0.1, -0.05) is 12.1 Å². The van der Waals surface area contributed by atoms with Crippen LogP contribution in [-0.4, -0.2) is 12.9 Å². The summed E-state index contributed by atoms with van der Waals surface area (Å²) in [6, 6.07) is 15.6. The van der Waals surface area contributed by atoms with Gasteiger partial charge in [-0.2, -0.15) is 5.26 Å². The summed E-state index contributed by atoms with van der Waals surface area (Å²) < 4.78 is 5.16. The highest BCUT2D eigenvalue weighted by Gasteiger charge is 2.13. The number of para-hydroxylation sites is 1. The molecule has 0 fully saturated rings. The molecule has 0 aromatic heterocycles. The molecule has 3 nitrogen and oxygen atoms in total. The highest BCUT2D eigenvalue weighted by Crippen LogP contribution is 2.21. The number of hydrogen-bond donors (Lipinski definition) is 0. The predicted octanol–water partition coefficient (Wildman–Crippen LogP) is 2.80. The van der Waals surface area contributed by atoms with E-state index in [1.54, 1.807) is 42.5 Å². The zero-order valence-electron chi connectivity index (χ0n) is 9.88. The van der Waals surface area contributed by atoms with E-state index in [0.29, 0.717) is 22.4 Å². The van der Waals surface area contributed by atoms with Crippen LogP contribution >= 0.6 is 0 Å². The van der Waals surface area contributed by atoms with Gasteiger partial charge in [0.15, 0.2) is 5.78 Å². The first kappa shape index (κ1) is 11.9. The number of nitriles is 1. The maximum absolute atomic E-state index is 12.3. The number of rotatable bonds is 3. The number of ether oxygens (including phenoxy) is 1. The van der Waals surface area contributed by atoms with Crippen molar-refractivity contribution in [2.45, 2.75) is 0 Å². The van der Waals surface area contributed by atoms with E-state index >= 15 is 0 Å². The van der Waals surface area contributed by atoms with Crippen LogP contribution in [0.1, 0.15) is 21.5 Å². The molecule has 0 spiro atoms.